The molecule has 1 aliphatic rings. The van der Waals surface area contributed by atoms with E-state index in [4.69, 9.17) is 4.74 Å². The zero-order chi connectivity index (χ0) is 16.4. The van der Waals surface area contributed by atoms with Gasteiger partial charge in [0.2, 0.25) is 0 Å². The van der Waals surface area contributed by atoms with Crippen LogP contribution in [-0.2, 0) is 11.3 Å². The molecule has 0 aliphatic heterocycles. The average Bonchev–Trinajstić information content (AvgIpc) is 2.54. The van der Waals surface area contributed by atoms with E-state index in [0.717, 1.165) is 12.8 Å². The number of nitrogens with one attached hydrogen (secondary N) is 1. The van der Waals surface area contributed by atoms with Crippen LogP contribution in [0.15, 0.2) is 23.0 Å². The van der Waals surface area contributed by atoms with Crippen LogP contribution >= 0.6 is 0 Å². The highest BCUT2D eigenvalue weighted by Crippen LogP contribution is 2.26. The molecule has 0 saturated heterocycles. The number of H-pyrrole nitrogens is 1. The van der Waals surface area contributed by atoms with Gasteiger partial charge in [-0.15, -0.1) is 0 Å². The largest absolute Gasteiger partial charge is 0.370 e. The Hall–Kier alpha value is -2.28. The van der Waals surface area contributed by atoms with E-state index in [0.29, 0.717) is 17.3 Å². The van der Waals surface area contributed by atoms with E-state index in [2.05, 4.69) is 16.9 Å². The summed E-state index contributed by atoms with van der Waals surface area (Å²) in [6.07, 6.45) is 4.80. The molecular formula is C16H19N3O4. The fraction of sp³-hybridized carbons (Fsp3) is 0.500. The molecule has 0 amide bonds. The maximum Gasteiger partial charge on any atom is 0.270 e. The highest BCUT2D eigenvalue weighted by molar-refractivity contribution is 5.79. The van der Waals surface area contributed by atoms with Crippen molar-refractivity contribution in [2.75, 3.05) is 0 Å². The van der Waals surface area contributed by atoms with Crippen molar-refractivity contribution in [3.05, 3.63) is 44.5 Å². The van der Waals surface area contributed by atoms with Crippen LogP contribution in [-0.4, -0.2) is 21.0 Å². The van der Waals surface area contributed by atoms with E-state index >= 15 is 0 Å². The standard InChI is InChI=1S/C16H19N3O4/c1-10-4-2-3-5-14(10)23-9-15-17-13-7-6-11(19(21)22)8-12(13)16(20)18-15/h6-8,10,14H,2-5,9H2,1H3,(H,17,18,20)/t10-,14-/m0/s1. The lowest BCUT2D eigenvalue weighted by Gasteiger charge is -2.28. The molecule has 122 valence electrons. The van der Waals surface area contributed by atoms with E-state index in [9.17, 15) is 14.9 Å². The Morgan fingerprint density at radius 3 is 2.91 bits per heavy atom. The van der Waals surface area contributed by atoms with Crippen LogP contribution < -0.4 is 5.56 Å². The highest BCUT2D eigenvalue weighted by Gasteiger charge is 2.22. The van der Waals surface area contributed by atoms with E-state index in [1.807, 2.05) is 0 Å². The molecule has 1 aromatic carbocycles. The Morgan fingerprint density at radius 1 is 1.39 bits per heavy atom. The summed E-state index contributed by atoms with van der Waals surface area (Å²) in [4.78, 5) is 29.4. The number of nitro benzene ring substituents is 1. The molecule has 1 N–H and O–H groups in total. The van der Waals surface area contributed by atoms with E-state index in [1.54, 1.807) is 0 Å². The number of aromatic amines is 1. The van der Waals surface area contributed by atoms with Crippen LogP contribution in [0.25, 0.3) is 10.9 Å². The van der Waals surface area contributed by atoms with Crippen LogP contribution in [0.4, 0.5) is 5.69 Å². The van der Waals surface area contributed by atoms with Crippen molar-refractivity contribution in [3.8, 4) is 0 Å². The number of hydrogen-bond donors (Lipinski definition) is 1. The van der Waals surface area contributed by atoms with Crippen LogP contribution in [0, 0.1) is 16.0 Å². The van der Waals surface area contributed by atoms with Gasteiger partial charge in [-0.1, -0.05) is 19.8 Å². The summed E-state index contributed by atoms with van der Waals surface area (Å²) < 4.78 is 5.91. The van der Waals surface area contributed by atoms with Crippen molar-refractivity contribution >= 4 is 16.6 Å². The molecule has 3 rings (SSSR count). The Balaban J connectivity index is 1.81. The summed E-state index contributed by atoms with van der Waals surface area (Å²) in [7, 11) is 0. The Kier molecular flexibility index (Phi) is 4.38. The maximum absolute atomic E-state index is 12.1. The summed E-state index contributed by atoms with van der Waals surface area (Å²) in [5, 5.41) is 11.0. The van der Waals surface area contributed by atoms with Gasteiger partial charge in [-0.05, 0) is 24.8 Å². The summed E-state index contributed by atoms with van der Waals surface area (Å²) in [5.41, 5.74) is -0.0616. The third-order valence-electron chi connectivity index (χ3n) is 4.42. The molecule has 1 aromatic heterocycles. The molecule has 0 unspecified atom stereocenters. The molecule has 1 aliphatic carbocycles. The fourth-order valence-corrected chi connectivity index (χ4v) is 3.07. The number of nitro groups is 1. The third kappa shape index (κ3) is 3.39. The van der Waals surface area contributed by atoms with Gasteiger partial charge < -0.3 is 9.72 Å². The first kappa shape index (κ1) is 15.6. The van der Waals surface area contributed by atoms with Crippen LogP contribution in [0.5, 0.6) is 0 Å². The number of non-ortho nitro benzene ring substituents is 1. The van der Waals surface area contributed by atoms with E-state index in [1.165, 1.54) is 31.0 Å². The molecule has 2 atom stereocenters. The molecule has 2 aromatic rings. The van der Waals surface area contributed by atoms with Gasteiger partial charge in [0.1, 0.15) is 12.4 Å². The molecule has 1 heterocycles. The first-order valence-corrected chi connectivity index (χ1v) is 7.83. The van der Waals surface area contributed by atoms with Crippen molar-refractivity contribution in [3.63, 3.8) is 0 Å². The SMILES string of the molecule is C[C@H]1CCCC[C@@H]1OCc1nc2ccc([N+](=O)[O-])cc2c(=O)[nH]1. The quantitative estimate of drug-likeness (QED) is 0.690. The van der Waals surface area contributed by atoms with E-state index in [-0.39, 0.29) is 29.3 Å². The second-order valence-corrected chi connectivity index (χ2v) is 6.08. The number of hydrogen-bond acceptors (Lipinski definition) is 5. The van der Waals surface area contributed by atoms with Gasteiger partial charge >= 0.3 is 0 Å². The molecule has 0 spiro atoms. The number of nitrogens with zero attached hydrogens (tertiary/aromatic N) is 2. The van der Waals surface area contributed by atoms with Crippen molar-refractivity contribution in [2.45, 2.75) is 45.3 Å². The van der Waals surface area contributed by atoms with Crippen LogP contribution in [0.2, 0.25) is 0 Å². The molecule has 1 fully saturated rings. The minimum absolute atomic E-state index is 0.121. The molecule has 23 heavy (non-hydrogen) atoms. The zero-order valence-corrected chi connectivity index (χ0v) is 12.9. The van der Waals surface area contributed by atoms with Gasteiger partial charge in [-0.3, -0.25) is 14.9 Å². The Bertz CT molecular complexity index is 786. The molecule has 7 heteroatoms. The second kappa shape index (κ2) is 6.45. The lowest BCUT2D eigenvalue weighted by atomic mass is 9.88. The number of ether oxygens (including phenoxy) is 1. The van der Waals surface area contributed by atoms with Gasteiger partial charge in [-0.25, -0.2) is 4.98 Å². The van der Waals surface area contributed by atoms with Gasteiger partial charge in [0.15, 0.2) is 0 Å². The second-order valence-electron chi connectivity index (χ2n) is 6.08. The predicted molar refractivity (Wildman–Crippen MR) is 85.2 cm³/mol. The van der Waals surface area contributed by atoms with E-state index < -0.39 is 4.92 Å². The summed E-state index contributed by atoms with van der Waals surface area (Å²) in [6, 6.07) is 4.09. The highest BCUT2D eigenvalue weighted by atomic mass is 16.6. The lowest BCUT2D eigenvalue weighted by Crippen LogP contribution is -2.26. The molecule has 0 bridgehead atoms. The Morgan fingerprint density at radius 2 is 2.17 bits per heavy atom. The lowest BCUT2D eigenvalue weighted by molar-refractivity contribution is -0.384. The van der Waals surface area contributed by atoms with Gasteiger partial charge in [0.05, 0.1) is 21.9 Å². The first-order chi connectivity index (χ1) is 11.0. The third-order valence-corrected chi connectivity index (χ3v) is 4.42. The summed E-state index contributed by atoms with van der Waals surface area (Å²) in [6.45, 7) is 2.43. The number of rotatable bonds is 4. The van der Waals surface area contributed by atoms with Gasteiger partial charge in [0.25, 0.3) is 11.2 Å². The summed E-state index contributed by atoms with van der Waals surface area (Å²) >= 11 is 0. The number of fused-ring (bicyclic) bond motifs is 1. The fourth-order valence-electron chi connectivity index (χ4n) is 3.07. The number of aromatic nitrogens is 2. The average molecular weight is 317 g/mol. The maximum atomic E-state index is 12.1. The van der Waals surface area contributed by atoms with Crippen LogP contribution in [0.3, 0.4) is 0 Å². The molecule has 0 radical (unpaired) electrons. The van der Waals surface area contributed by atoms with Gasteiger partial charge in [0, 0.05) is 12.1 Å². The van der Waals surface area contributed by atoms with Crippen molar-refractivity contribution in [1.29, 1.82) is 0 Å². The molecule has 7 nitrogen and oxygen atoms in total. The molecule has 1 saturated carbocycles. The smallest absolute Gasteiger partial charge is 0.270 e. The van der Waals surface area contributed by atoms with Gasteiger partial charge in [-0.2, -0.15) is 0 Å². The van der Waals surface area contributed by atoms with Crippen molar-refractivity contribution < 1.29 is 9.66 Å². The normalized spacial score (nSPS) is 21.4. The monoisotopic (exact) mass is 317 g/mol. The van der Waals surface area contributed by atoms with Crippen molar-refractivity contribution in [1.82, 2.24) is 9.97 Å². The van der Waals surface area contributed by atoms with Crippen molar-refractivity contribution in [2.24, 2.45) is 5.92 Å². The first-order valence-electron chi connectivity index (χ1n) is 7.83. The zero-order valence-electron chi connectivity index (χ0n) is 12.9. The Labute approximate surface area is 132 Å². The summed E-state index contributed by atoms with van der Waals surface area (Å²) in [5.74, 6) is 0.965. The topological polar surface area (TPSA) is 98.1 Å². The van der Waals surface area contributed by atoms with Crippen LogP contribution in [0.1, 0.15) is 38.4 Å². The minimum Gasteiger partial charge on any atom is -0.370 e. The molecular weight excluding hydrogens is 298 g/mol. The minimum atomic E-state index is -0.527. The number of benzene rings is 1. The predicted octanol–water partition coefficient (Wildman–Crippen LogP) is 2.93.